The minimum absolute atomic E-state index is 0.0839. The lowest BCUT2D eigenvalue weighted by Gasteiger charge is -2.18. The molecule has 0 aromatic carbocycles. The third-order valence-electron chi connectivity index (χ3n) is 14.3. The second kappa shape index (κ2) is 69.8. The van der Waals surface area contributed by atoms with Crippen molar-refractivity contribution in [3.8, 4) is 0 Å². The molecule has 1 atom stereocenters. The molecule has 0 aliphatic heterocycles. The number of hydrogen-bond donors (Lipinski definition) is 0. The molecule has 6 heteroatoms. The van der Waals surface area contributed by atoms with Crippen molar-refractivity contribution in [1.82, 2.24) is 0 Å². The molecule has 0 saturated carbocycles. The molecule has 0 saturated heterocycles. The molecule has 83 heavy (non-hydrogen) atoms. The van der Waals surface area contributed by atoms with Crippen molar-refractivity contribution in [2.24, 2.45) is 0 Å². The highest BCUT2D eigenvalue weighted by molar-refractivity contribution is 5.71. The standard InChI is InChI=1S/C77H126O6/c1-4-7-10-13-16-18-20-22-24-26-28-30-32-34-36-38-40-42-44-46-48-50-52-54-56-58-61-64-67-70-76(79)82-73-74(72-81-75(78)69-66-63-60-15-12-9-6-3)83-77(80)71-68-65-62-59-57-55-53-51-49-47-45-43-41-39-37-35-33-31-29-27-25-23-21-19-17-14-11-8-5-2/h7-8,10-11,16-19,22-25,28-31,34-37,40,42,46,48,74H,4-6,9,12-15,20-21,26-27,32-33,38-39,41,43-45,47,49-73H2,1-3H3/b10-7-,11-8-,18-16-,19-17-,24-22-,25-23-,30-28-,31-29-,36-34-,37-35-,42-40-,48-46-. The number of unbranched alkanes of at least 4 members (excludes halogenated alkanes) is 26. The molecule has 0 heterocycles. The van der Waals surface area contributed by atoms with E-state index in [1.807, 2.05) is 0 Å². The molecule has 0 fully saturated rings. The maximum atomic E-state index is 12.9. The van der Waals surface area contributed by atoms with Crippen LogP contribution in [0.5, 0.6) is 0 Å². The van der Waals surface area contributed by atoms with E-state index in [9.17, 15) is 14.4 Å². The van der Waals surface area contributed by atoms with E-state index in [-0.39, 0.29) is 31.1 Å². The van der Waals surface area contributed by atoms with Crippen molar-refractivity contribution < 1.29 is 28.6 Å². The van der Waals surface area contributed by atoms with E-state index in [4.69, 9.17) is 14.2 Å². The van der Waals surface area contributed by atoms with Gasteiger partial charge in [-0.2, -0.15) is 0 Å². The summed E-state index contributed by atoms with van der Waals surface area (Å²) in [7, 11) is 0. The van der Waals surface area contributed by atoms with E-state index in [1.165, 1.54) is 122 Å². The molecule has 0 rings (SSSR count). The van der Waals surface area contributed by atoms with E-state index in [0.29, 0.717) is 19.3 Å². The third kappa shape index (κ3) is 68.0. The maximum absolute atomic E-state index is 12.9. The van der Waals surface area contributed by atoms with Crippen molar-refractivity contribution in [2.45, 2.75) is 309 Å². The Morgan fingerprint density at radius 3 is 0.735 bits per heavy atom. The summed E-state index contributed by atoms with van der Waals surface area (Å²) in [5, 5.41) is 0. The zero-order valence-electron chi connectivity index (χ0n) is 53.9. The second-order valence-corrected chi connectivity index (χ2v) is 22.3. The van der Waals surface area contributed by atoms with E-state index >= 15 is 0 Å². The van der Waals surface area contributed by atoms with Gasteiger partial charge in [-0.3, -0.25) is 14.4 Å². The van der Waals surface area contributed by atoms with E-state index in [0.717, 1.165) is 141 Å². The Balaban J connectivity index is 4.16. The number of allylic oxidation sites excluding steroid dienone is 24. The lowest BCUT2D eigenvalue weighted by molar-refractivity contribution is -0.167. The Morgan fingerprint density at radius 2 is 0.470 bits per heavy atom. The van der Waals surface area contributed by atoms with Crippen molar-refractivity contribution in [2.75, 3.05) is 13.2 Å². The van der Waals surface area contributed by atoms with E-state index < -0.39 is 6.10 Å². The molecule has 470 valence electrons. The summed E-state index contributed by atoms with van der Waals surface area (Å²) in [5.41, 5.74) is 0. The average molecular weight is 1150 g/mol. The summed E-state index contributed by atoms with van der Waals surface area (Å²) in [4.78, 5) is 38.2. The average Bonchev–Trinajstić information content (AvgIpc) is 3.49. The van der Waals surface area contributed by atoms with Gasteiger partial charge in [-0.25, -0.2) is 0 Å². The zero-order chi connectivity index (χ0) is 59.9. The topological polar surface area (TPSA) is 78.9 Å². The summed E-state index contributed by atoms with van der Waals surface area (Å²) < 4.78 is 16.9. The van der Waals surface area contributed by atoms with Gasteiger partial charge in [0.15, 0.2) is 6.10 Å². The van der Waals surface area contributed by atoms with Gasteiger partial charge in [0.25, 0.3) is 0 Å². The van der Waals surface area contributed by atoms with Crippen LogP contribution >= 0.6 is 0 Å². The largest absolute Gasteiger partial charge is 0.462 e. The molecule has 0 aliphatic carbocycles. The molecule has 0 aromatic heterocycles. The molecule has 0 bridgehead atoms. The van der Waals surface area contributed by atoms with Crippen LogP contribution in [-0.4, -0.2) is 37.2 Å². The van der Waals surface area contributed by atoms with E-state index in [2.05, 4.69) is 167 Å². The quantitative estimate of drug-likeness (QED) is 0.0261. The Kier molecular flexibility index (Phi) is 65.8. The molecule has 1 unspecified atom stereocenters. The summed E-state index contributed by atoms with van der Waals surface area (Å²) in [6, 6.07) is 0. The zero-order valence-corrected chi connectivity index (χ0v) is 53.9. The Labute approximate surface area is 512 Å². The van der Waals surface area contributed by atoms with Gasteiger partial charge >= 0.3 is 17.9 Å². The van der Waals surface area contributed by atoms with E-state index in [1.54, 1.807) is 0 Å². The highest BCUT2D eigenvalue weighted by Crippen LogP contribution is 2.16. The minimum atomic E-state index is -0.787. The van der Waals surface area contributed by atoms with Crippen molar-refractivity contribution in [1.29, 1.82) is 0 Å². The fourth-order valence-electron chi connectivity index (χ4n) is 9.27. The monoisotopic (exact) mass is 1150 g/mol. The first-order chi connectivity index (χ1) is 41.0. The van der Waals surface area contributed by atoms with Crippen LogP contribution in [0.4, 0.5) is 0 Å². The molecule has 0 radical (unpaired) electrons. The molecular formula is C77H126O6. The smallest absolute Gasteiger partial charge is 0.306 e. The van der Waals surface area contributed by atoms with Crippen LogP contribution in [0, 0.1) is 0 Å². The summed E-state index contributed by atoms with van der Waals surface area (Å²) >= 11 is 0. The van der Waals surface area contributed by atoms with Crippen LogP contribution in [0.25, 0.3) is 0 Å². The Bertz CT molecular complexity index is 1800. The number of ether oxygens (including phenoxy) is 3. The molecule has 0 aliphatic rings. The lowest BCUT2D eigenvalue weighted by atomic mass is 10.0. The first kappa shape index (κ1) is 78.3. The van der Waals surface area contributed by atoms with Gasteiger partial charge in [0.05, 0.1) is 0 Å². The number of rotatable bonds is 61. The van der Waals surface area contributed by atoms with Gasteiger partial charge in [0.2, 0.25) is 0 Å². The van der Waals surface area contributed by atoms with Crippen LogP contribution < -0.4 is 0 Å². The summed E-state index contributed by atoms with van der Waals surface area (Å²) in [6.07, 6.45) is 100. The Hall–Kier alpha value is -4.71. The maximum Gasteiger partial charge on any atom is 0.306 e. The van der Waals surface area contributed by atoms with Crippen molar-refractivity contribution in [3.63, 3.8) is 0 Å². The first-order valence-electron chi connectivity index (χ1n) is 34.3. The highest BCUT2D eigenvalue weighted by Gasteiger charge is 2.19. The van der Waals surface area contributed by atoms with Crippen molar-refractivity contribution >= 4 is 17.9 Å². The van der Waals surface area contributed by atoms with Gasteiger partial charge in [-0.1, -0.05) is 308 Å². The fourth-order valence-corrected chi connectivity index (χ4v) is 9.27. The van der Waals surface area contributed by atoms with Gasteiger partial charge in [0.1, 0.15) is 13.2 Å². The number of carbonyl (C=O) groups excluding carboxylic acids is 3. The van der Waals surface area contributed by atoms with Gasteiger partial charge in [0, 0.05) is 19.3 Å². The summed E-state index contributed by atoms with van der Waals surface area (Å²) in [6.45, 7) is 6.37. The molecule has 0 aromatic rings. The molecule has 0 N–H and O–H groups in total. The number of carbonyl (C=O) groups is 3. The van der Waals surface area contributed by atoms with Crippen molar-refractivity contribution in [3.05, 3.63) is 146 Å². The predicted molar refractivity (Wildman–Crippen MR) is 362 cm³/mol. The fraction of sp³-hybridized carbons (Fsp3) is 0.649. The normalized spacial score (nSPS) is 13.0. The van der Waals surface area contributed by atoms with Crippen LogP contribution in [0.3, 0.4) is 0 Å². The number of esters is 3. The van der Waals surface area contributed by atoms with Crippen LogP contribution in [-0.2, 0) is 28.6 Å². The lowest BCUT2D eigenvalue weighted by Crippen LogP contribution is -2.30. The number of hydrogen-bond acceptors (Lipinski definition) is 6. The molecule has 6 nitrogen and oxygen atoms in total. The Morgan fingerprint density at radius 1 is 0.253 bits per heavy atom. The predicted octanol–water partition coefficient (Wildman–Crippen LogP) is 23.9. The van der Waals surface area contributed by atoms with Gasteiger partial charge in [-0.15, -0.1) is 0 Å². The van der Waals surface area contributed by atoms with Crippen LogP contribution in [0.1, 0.15) is 303 Å². The molecule has 0 amide bonds. The third-order valence-corrected chi connectivity index (χ3v) is 14.3. The second-order valence-electron chi connectivity index (χ2n) is 22.3. The molecular weight excluding hydrogens is 1020 g/mol. The summed E-state index contributed by atoms with van der Waals surface area (Å²) in [5.74, 6) is -0.900. The molecule has 0 spiro atoms. The van der Waals surface area contributed by atoms with Crippen LogP contribution in [0.15, 0.2) is 146 Å². The first-order valence-corrected chi connectivity index (χ1v) is 34.3. The van der Waals surface area contributed by atoms with Gasteiger partial charge in [-0.05, 0) is 122 Å². The van der Waals surface area contributed by atoms with Crippen LogP contribution in [0.2, 0.25) is 0 Å². The minimum Gasteiger partial charge on any atom is -0.462 e. The SMILES string of the molecule is CC/C=C\C/C=C\C/C=C\C/C=C\C/C=C\C/C=C\C/C=C\CCCCCCCCCC(=O)OCC(COC(=O)CCCCCCCCC)OC(=O)CCCCCCCCCCCCCCC/C=C\C/C=C\C/C=C\C/C=C\C/C=C\CC. The highest BCUT2D eigenvalue weighted by atomic mass is 16.6. The van der Waals surface area contributed by atoms with Gasteiger partial charge < -0.3 is 14.2 Å².